The molecule has 0 aliphatic rings. The highest BCUT2D eigenvalue weighted by atomic mass is 16.2. The summed E-state index contributed by atoms with van der Waals surface area (Å²) in [6.45, 7) is 5.91. The number of anilines is 1. The van der Waals surface area contributed by atoms with Gasteiger partial charge in [0.05, 0.1) is 17.3 Å². The van der Waals surface area contributed by atoms with Crippen LogP contribution in [0, 0.1) is 13.8 Å². The van der Waals surface area contributed by atoms with Crippen LogP contribution >= 0.6 is 0 Å². The van der Waals surface area contributed by atoms with Crippen LogP contribution in [-0.2, 0) is 4.79 Å². The fourth-order valence-electron chi connectivity index (χ4n) is 2.21. The fourth-order valence-corrected chi connectivity index (χ4v) is 2.21. The van der Waals surface area contributed by atoms with Gasteiger partial charge in [0.15, 0.2) is 11.5 Å². The molecule has 1 aromatic carbocycles. The standard InChI is InChI=1S/C16H18N6O/c1-4-14(23)20-21-15-13-8-19-22(16(13)18-9-17-15)12-6-5-10(2)11(3)7-12/h5-9H,4H2,1-3H3,(H,20,23)(H,17,18,21). The van der Waals surface area contributed by atoms with Gasteiger partial charge in [-0.05, 0) is 37.1 Å². The van der Waals surface area contributed by atoms with Crippen molar-refractivity contribution in [1.82, 2.24) is 25.2 Å². The first-order chi connectivity index (χ1) is 11.1. The van der Waals surface area contributed by atoms with Crippen molar-refractivity contribution in [2.24, 2.45) is 0 Å². The lowest BCUT2D eigenvalue weighted by Crippen LogP contribution is -2.29. The molecule has 2 aromatic heterocycles. The summed E-state index contributed by atoms with van der Waals surface area (Å²) in [7, 11) is 0. The predicted molar refractivity (Wildman–Crippen MR) is 88.2 cm³/mol. The van der Waals surface area contributed by atoms with Gasteiger partial charge in [-0.3, -0.25) is 15.6 Å². The molecule has 3 rings (SSSR count). The maximum Gasteiger partial charge on any atom is 0.238 e. The minimum absolute atomic E-state index is 0.113. The Hall–Kier alpha value is -2.96. The lowest BCUT2D eigenvalue weighted by Gasteiger charge is -2.08. The Bertz CT molecular complexity index is 870. The SMILES string of the molecule is CCC(=O)NNc1ncnc2c1cnn2-c1ccc(C)c(C)c1. The molecule has 0 atom stereocenters. The molecule has 118 valence electrons. The van der Waals surface area contributed by atoms with E-state index in [-0.39, 0.29) is 5.91 Å². The minimum Gasteiger partial charge on any atom is -0.281 e. The molecule has 0 aliphatic carbocycles. The molecule has 3 aromatic rings. The van der Waals surface area contributed by atoms with Crippen molar-refractivity contribution in [3.05, 3.63) is 41.9 Å². The summed E-state index contributed by atoms with van der Waals surface area (Å²) >= 11 is 0. The van der Waals surface area contributed by atoms with Crippen LogP contribution in [0.15, 0.2) is 30.7 Å². The van der Waals surface area contributed by atoms with Gasteiger partial charge >= 0.3 is 0 Å². The third-order valence-electron chi connectivity index (χ3n) is 3.74. The quantitative estimate of drug-likeness (QED) is 0.722. The number of carbonyl (C=O) groups excluding carboxylic acids is 1. The first kappa shape index (κ1) is 15.0. The molecule has 1 amide bonds. The summed E-state index contributed by atoms with van der Waals surface area (Å²) in [5.74, 6) is 0.408. The number of benzene rings is 1. The minimum atomic E-state index is -0.113. The van der Waals surface area contributed by atoms with E-state index in [1.165, 1.54) is 17.5 Å². The second-order valence-electron chi connectivity index (χ2n) is 5.31. The number of carbonyl (C=O) groups is 1. The first-order valence-corrected chi connectivity index (χ1v) is 7.41. The Morgan fingerprint density at radius 3 is 2.78 bits per heavy atom. The molecule has 0 unspecified atom stereocenters. The third-order valence-corrected chi connectivity index (χ3v) is 3.74. The summed E-state index contributed by atoms with van der Waals surface area (Å²) in [5, 5.41) is 5.14. The molecule has 2 N–H and O–H groups in total. The van der Waals surface area contributed by atoms with E-state index in [9.17, 15) is 4.79 Å². The maximum absolute atomic E-state index is 11.4. The fraction of sp³-hybridized carbons (Fsp3) is 0.250. The number of fused-ring (bicyclic) bond motifs is 1. The van der Waals surface area contributed by atoms with E-state index in [0.29, 0.717) is 17.9 Å². The van der Waals surface area contributed by atoms with Gasteiger partial charge in [-0.1, -0.05) is 13.0 Å². The molecule has 7 heteroatoms. The van der Waals surface area contributed by atoms with E-state index < -0.39 is 0 Å². The lowest BCUT2D eigenvalue weighted by atomic mass is 10.1. The van der Waals surface area contributed by atoms with Gasteiger partial charge < -0.3 is 0 Å². The van der Waals surface area contributed by atoms with Crippen molar-refractivity contribution in [2.45, 2.75) is 27.2 Å². The van der Waals surface area contributed by atoms with Crippen molar-refractivity contribution in [2.75, 3.05) is 5.43 Å². The van der Waals surface area contributed by atoms with Crippen molar-refractivity contribution in [3.8, 4) is 5.69 Å². The van der Waals surface area contributed by atoms with E-state index in [2.05, 4.69) is 51.9 Å². The van der Waals surface area contributed by atoms with Crippen LogP contribution < -0.4 is 10.9 Å². The summed E-state index contributed by atoms with van der Waals surface area (Å²) in [4.78, 5) is 19.9. The number of hydrogen-bond donors (Lipinski definition) is 2. The first-order valence-electron chi connectivity index (χ1n) is 7.41. The van der Waals surface area contributed by atoms with Crippen LogP contribution in [0.1, 0.15) is 24.5 Å². The highest BCUT2D eigenvalue weighted by Crippen LogP contribution is 2.22. The molecule has 0 fully saturated rings. The average molecular weight is 310 g/mol. The van der Waals surface area contributed by atoms with Crippen molar-refractivity contribution in [1.29, 1.82) is 0 Å². The van der Waals surface area contributed by atoms with E-state index in [4.69, 9.17) is 0 Å². The molecule has 0 spiro atoms. The highest BCUT2D eigenvalue weighted by Gasteiger charge is 2.11. The normalized spacial score (nSPS) is 10.7. The van der Waals surface area contributed by atoms with Gasteiger partial charge in [0.1, 0.15) is 6.33 Å². The molecule has 0 radical (unpaired) electrons. The van der Waals surface area contributed by atoms with Crippen molar-refractivity contribution < 1.29 is 4.79 Å². The molecule has 0 saturated carbocycles. The summed E-state index contributed by atoms with van der Waals surface area (Å²) in [5.41, 5.74) is 9.44. The van der Waals surface area contributed by atoms with Gasteiger partial charge in [-0.25, -0.2) is 14.6 Å². The second-order valence-corrected chi connectivity index (χ2v) is 5.31. The number of nitrogens with one attached hydrogen (secondary N) is 2. The largest absolute Gasteiger partial charge is 0.281 e. The molecule has 0 bridgehead atoms. The monoisotopic (exact) mass is 310 g/mol. The Labute approximate surface area is 133 Å². The molecular formula is C16H18N6O. The summed E-state index contributed by atoms with van der Waals surface area (Å²) in [6.07, 6.45) is 3.52. The number of hydrazine groups is 1. The maximum atomic E-state index is 11.4. The Morgan fingerprint density at radius 1 is 1.22 bits per heavy atom. The van der Waals surface area contributed by atoms with Crippen LogP contribution in [0.5, 0.6) is 0 Å². The molecule has 2 heterocycles. The van der Waals surface area contributed by atoms with Crippen LogP contribution in [0.4, 0.5) is 5.82 Å². The molecule has 0 aliphatic heterocycles. The number of nitrogens with zero attached hydrogens (tertiary/aromatic N) is 4. The highest BCUT2D eigenvalue weighted by molar-refractivity contribution is 5.88. The summed E-state index contributed by atoms with van der Waals surface area (Å²) < 4.78 is 1.76. The number of aromatic nitrogens is 4. The number of hydrogen-bond acceptors (Lipinski definition) is 5. The zero-order valence-corrected chi connectivity index (χ0v) is 13.3. The number of aryl methyl sites for hydroxylation is 2. The van der Waals surface area contributed by atoms with Gasteiger partial charge in [-0.2, -0.15) is 5.10 Å². The smallest absolute Gasteiger partial charge is 0.238 e. The number of rotatable bonds is 4. The van der Waals surface area contributed by atoms with Crippen molar-refractivity contribution in [3.63, 3.8) is 0 Å². The van der Waals surface area contributed by atoms with E-state index in [0.717, 1.165) is 11.1 Å². The Kier molecular flexibility index (Phi) is 3.92. The molecule has 0 saturated heterocycles. The Morgan fingerprint density at radius 2 is 2.04 bits per heavy atom. The molecular weight excluding hydrogens is 292 g/mol. The van der Waals surface area contributed by atoms with Gasteiger partial charge in [0.2, 0.25) is 5.91 Å². The average Bonchev–Trinajstić information content (AvgIpc) is 2.99. The van der Waals surface area contributed by atoms with E-state index in [1.54, 1.807) is 17.8 Å². The van der Waals surface area contributed by atoms with Gasteiger partial charge in [0, 0.05) is 6.42 Å². The van der Waals surface area contributed by atoms with Crippen molar-refractivity contribution >= 4 is 22.8 Å². The topological polar surface area (TPSA) is 84.7 Å². The van der Waals surface area contributed by atoms with Gasteiger partial charge in [0.25, 0.3) is 0 Å². The Balaban J connectivity index is 2.00. The zero-order valence-electron chi connectivity index (χ0n) is 13.3. The van der Waals surface area contributed by atoms with E-state index in [1.807, 2.05) is 6.07 Å². The van der Waals surface area contributed by atoms with Crippen LogP contribution in [-0.4, -0.2) is 25.7 Å². The van der Waals surface area contributed by atoms with Crippen LogP contribution in [0.3, 0.4) is 0 Å². The molecule has 7 nitrogen and oxygen atoms in total. The molecule has 23 heavy (non-hydrogen) atoms. The lowest BCUT2D eigenvalue weighted by molar-refractivity contribution is -0.120. The van der Waals surface area contributed by atoms with Crippen LogP contribution in [0.25, 0.3) is 16.7 Å². The summed E-state index contributed by atoms with van der Waals surface area (Å²) in [6, 6.07) is 6.12. The zero-order chi connectivity index (χ0) is 16.4. The second kappa shape index (κ2) is 6.04. The van der Waals surface area contributed by atoms with Gasteiger partial charge in [-0.15, -0.1) is 0 Å². The van der Waals surface area contributed by atoms with E-state index >= 15 is 0 Å². The van der Waals surface area contributed by atoms with Crippen LogP contribution in [0.2, 0.25) is 0 Å². The predicted octanol–water partition coefficient (Wildman–Crippen LogP) is 2.29. The number of amides is 1. The third kappa shape index (κ3) is 2.85.